The van der Waals surface area contributed by atoms with Crippen LogP contribution >= 0.6 is 0 Å². The molecule has 0 atom stereocenters. The molecule has 1 aliphatic rings. The Balaban J connectivity index is 2.51. The second-order valence-corrected chi connectivity index (χ2v) is 6.54. The van der Waals surface area contributed by atoms with Crippen molar-refractivity contribution < 1.29 is 8.85 Å². The molecule has 0 bridgehead atoms. The van der Waals surface area contributed by atoms with E-state index < -0.39 is 8.72 Å². The van der Waals surface area contributed by atoms with E-state index >= 15 is 0 Å². The Labute approximate surface area is 75.6 Å². The molecule has 1 saturated carbocycles. The smallest absolute Gasteiger partial charge is 0.386 e. The van der Waals surface area contributed by atoms with Gasteiger partial charge in [-0.05, 0) is 12.8 Å². The molecule has 1 fully saturated rings. The van der Waals surface area contributed by atoms with Crippen LogP contribution in [0.15, 0.2) is 0 Å². The third kappa shape index (κ3) is 2.07. The van der Waals surface area contributed by atoms with Crippen LogP contribution < -0.4 is 5.40 Å². The summed E-state index contributed by atoms with van der Waals surface area (Å²) < 4.78 is 10.6. The second-order valence-electron chi connectivity index (χ2n) is 3.46. The van der Waals surface area contributed by atoms with Gasteiger partial charge in [-0.25, -0.2) is 0 Å². The fourth-order valence-electron chi connectivity index (χ4n) is 1.92. The van der Waals surface area contributed by atoms with E-state index in [0.29, 0.717) is 5.54 Å². The Morgan fingerprint density at radius 3 is 2.00 bits per heavy atom. The molecule has 4 heteroatoms. The van der Waals surface area contributed by atoms with Gasteiger partial charge in [-0.1, -0.05) is 19.3 Å². The molecule has 1 aliphatic carbocycles. The average molecular weight is 189 g/mol. The zero-order chi connectivity index (χ0) is 9.03. The van der Waals surface area contributed by atoms with Crippen LogP contribution in [0.3, 0.4) is 0 Å². The lowest BCUT2D eigenvalue weighted by Crippen LogP contribution is -2.55. The van der Waals surface area contributed by atoms with Gasteiger partial charge in [0.25, 0.3) is 0 Å². The molecule has 0 heterocycles. The topological polar surface area (TPSA) is 44.5 Å². The van der Waals surface area contributed by atoms with Crippen LogP contribution in [0.4, 0.5) is 0 Å². The lowest BCUT2D eigenvalue weighted by atomic mass is 10.0. The summed E-state index contributed by atoms with van der Waals surface area (Å²) in [5.41, 5.74) is 0.501. The Hall–Kier alpha value is 0.0969. The van der Waals surface area contributed by atoms with Gasteiger partial charge in [-0.3, -0.25) is 0 Å². The lowest BCUT2D eigenvalue weighted by molar-refractivity contribution is 0.218. The molecule has 72 valence electrons. The molecule has 0 aromatic rings. The first-order chi connectivity index (χ1) is 5.73. The monoisotopic (exact) mass is 189 g/mol. The predicted octanol–water partition coefficient (Wildman–Crippen LogP) is 1.51. The first-order valence-corrected chi connectivity index (χ1v) is 6.59. The van der Waals surface area contributed by atoms with E-state index in [9.17, 15) is 0 Å². The van der Waals surface area contributed by atoms with Gasteiger partial charge in [0.2, 0.25) is 0 Å². The van der Waals surface area contributed by atoms with E-state index in [1.54, 1.807) is 14.2 Å². The maximum Gasteiger partial charge on any atom is 0.425 e. The summed E-state index contributed by atoms with van der Waals surface area (Å²) in [5, 5.41) is 6.07. The van der Waals surface area contributed by atoms with E-state index in [1.165, 1.54) is 32.1 Å². The molecule has 3 nitrogen and oxygen atoms in total. The quantitative estimate of drug-likeness (QED) is 0.684. The minimum Gasteiger partial charge on any atom is -0.386 e. The van der Waals surface area contributed by atoms with Crippen molar-refractivity contribution >= 4 is 8.72 Å². The first kappa shape index (κ1) is 10.2. The highest BCUT2D eigenvalue weighted by atomic mass is 28.4. The van der Waals surface area contributed by atoms with E-state index in [2.05, 4.69) is 0 Å². The molecule has 0 aliphatic heterocycles. The van der Waals surface area contributed by atoms with Gasteiger partial charge in [0.1, 0.15) is 0 Å². The van der Waals surface area contributed by atoms with Gasteiger partial charge in [0, 0.05) is 19.8 Å². The Bertz CT molecular complexity index is 133. The van der Waals surface area contributed by atoms with Crippen molar-refractivity contribution in [3.8, 4) is 0 Å². The number of nitrogens with two attached hydrogens (primary N) is 1. The summed E-state index contributed by atoms with van der Waals surface area (Å²) in [6, 6.07) is 0. The van der Waals surface area contributed by atoms with E-state index in [-0.39, 0.29) is 0 Å². The van der Waals surface area contributed by atoms with Crippen molar-refractivity contribution in [3.05, 3.63) is 0 Å². The van der Waals surface area contributed by atoms with Crippen LogP contribution in [-0.4, -0.2) is 22.9 Å². The zero-order valence-corrected chi connectivity index (χ0v) is 9.01. The fourth-order valence-corrected chi connectivity index (χ4v) is 3.97. The van der Waals surface area contributed by atoms with Gasteiger partial charge >= 0.3 is 8.72 Å². The normalized spacial score (nSPS) is 21.2. The highest BCUT2D eigenvalue weighted by Gasteiger charge is 2.41. The van der Waals surface area contributed by atoms with Crippen LogP contribution in [0.1, 0.15) is 32.1 Å². The van der Waals surface area contributed by atoms with E-state index in [1.807, 2.05) is 0 Å². The Kier molecular flexibility index (Phi) is 3.70. The maximum atomic E-state index is 6.07. The number of hydrogen-bond donors (Lipinski definition) is 1. The zero-order valence-electron chi connectivity index (χ0n) is 8.01. The fraction of sp³-hybridized carbons (Fsp3) is 1.00. The molecule has 0 amide bonds. The van der Waals surface area contributed by atoms with Crippen molar-refractivity contribution in [2.24, 2.45) is 5.40 Å². The predicted molar refractivity (Wildman–Crippen MR) is 50.8 cm³/mol. The van der Waals surface area contributed by atoms with Crippen molar-refractivity contribution in [1.29, 1.82) is 0 Å². The molecule has 1 rings (SSSR count). The van der Waals surface area contributed by atoms with Gasteiger partial charge in [-0.15, -0.1) is 0 Å². The van der Waals surface area contributed by atoms with E-state index in [0.717, 1.165) is 0 Å². The Morgan fingerprint density at radius 1 is 1.08 bits per heavy atom. The molecule has 0 saturated heterocycles. The lowest BCUT2D eigenvalue weighted by Gasteiger charge is -2.33. The minimum absolute atomic E-state index is 0.501. The number of hydrogen-bond acceptors (Lipinski definition) is 3. The molecule has 0 aromatic heterocycles. The van der Waals surface area contributed by atoms with Crippen molar-refractivity contribution in [3.63, 3.8) is 0 Å². The highest BCUT2D eigenvalue weighted by molar-refractivity contribution is 6.65. The molecule has 0 radical (unpaired) electrons. The summed E-state index contributed by atoms with van der Waals surface area (Å²) in [4.78, 5) is 0. The molecular formula is C8H19NO2Si. The largest absolute Gasteiger partial charge is 0.425 e. The standard InChI is InChI=1S/C8H19NO2Si/c1-10-12(9,11-2)8-6-4-3-5-7-8/h8H,3-7,9H2,1-2H3. The summed E-state index contributed by atoms with van der Waals surface area (Å²) in [6.07, 6.45) is 6.27. The third-order valence-corrected chi connectivity index (χ3v) is 5.80. The SMILES string of the molecule is CO[Si](N)(OC)C1CCCCC1. The summed E-state index contributed by atoms with van der Waals surface area (Å²) in [5.74, 6) is 0. The van der Waals surface area contributed by atoms with Crippen molar-refractivity contribution in [1.82, 2.24) is 0 Å². The molecule has 0 spiro atoms. The molecule has 12 heavy (non-hydrogen) atoms. The van der Waals surface area contributed by atoms with Crippen molar-refractivity contribution in [2.75, 3.05) is 14.2 Å². The molecular weight excluding hydrogens is 170 g/mol. The summed E-state index contributed by atoms with van der Waals surface area (Å²) in [6.45, 7) is 0. The third-order valence-electron chi connectivity index (χ3n) is 2.81. The molecule has 2 N–H and O–H groups in total. The minimum atomic E-state index is -2.30. The van der Waals surface area contributed by atoms with Crippen LogP contribution in [0.2, 0.25) is 5.54 Å². The Morgan fingerprint density at radius 2 is 1.58 bits per heavy atom. The van der Waals surface area contributed by atoms with Crippen LogP contribution in [0.25, 0.3) is 0 Å². The summed E-state index contributed by atoms with van der Waals surface area (Å²) in [7, 11) is 1.05. The van der Waals surface area contributed by atoms with Gasteiger partial charge in [0.15, 0.2) is 0 Å². The van der Waals surface area contributed by atoms with Gasteiger partial charge in [-0.2, -0.15) is 0 Å². The van der Waals surface area contributed by atoms with Crippen LogP contribution in [-0.2, 0) is 8.85 Å². The molecule has 0 unspecified atom stereocenters. The maximum absolute atomic E-state index is 6.07. The average Bonchev–Trinajstić information content (AvgIpc) is 2.18. The highest BCUT2D eigenvalue weighted by Crippen LogP contribution is 2.34. The van der Waals surface area contributed by atoms with Crippen molar-refractivity contribution in [2.45, 2.75) is 37.6 Å². The summed E-state index contributed by atoms with van der Waals surface area (Å²) >= 11 is 0. The molecule has 0 aromatic carbocycles. The number of rotatable bonds is 3. The van der Waals surface area contributed by atoms with Gasteiger partial charge < -0.3 is 14.3 Å². The second kappa shape index (κ2) is 4.37. The van der Waals surface area contributed by atoms with Crippen LogP contribution in [0.5, 0.6) is 0 Å². The first-order valence-electron chi connectivity index (χ1n) is 4.62. The van der Waals surface area contributed by atoms with E-state index in [4.69, 9.17) is 14.3 Å². The van der Waals surface area contributed by atoms with Gasteiger partial charge in [0.05, 0.1) is 0 Å². The van der Waals surface area contributed by atoms with Crippen LogP contribution in [0, 0.1) is 0 Å².